The predicted octanol–water partition coefficient (Wildman–Crippen LogP) is 4.68. The van der Waals surface area contributed by atoms with Gasteiger partial charge < -0.3 is 24.6 Å². The van der Waals surface area contributed by atoms with Crippen LogP contribution in [-0.2, 0) is 20.5 Å². The van der Waals surface area contributed by atoms with Gasteiger partial charge in [-0.05, 0) is 62.1 Å². The molecule has 1 aromatic rings. The fraction of sp³-hybridized carbons (Fsp3) is 0.615. The summed E-state index contributed by atoms with van der Waals surface area (Å²) >= 11 is 0. The van der Waals surface area contributed by atoms with E-state index in [9.17, 15) is 14.2 Å². The molecule has 0 aromatic heterocycles. The summed E-state index contributed by atoms with van der Waals surface area (Å²) in [4.78, 5) is 35.8. The van der Waals surface area contributed by atoms with Crippen LogP contribution in [0.1, 0.15) is 64.4 Å². The van der Waals surface area contributed by atoms with Crippen LogP contribution in [0.5, 0.6) is 11.5 Å². The number of allylic oxidation sites excluding steroid dienone is 2. The van der Waals surface area contributed by atoms with Gasteiger partial charge in [-0.2, -0.15) is 5.06 Å². The molecule has 11 heteroatoms. The van der Waals surface area contributed by atoms with Crippen LogP contribution in [0.15, 0.2) is 30.4 Å². The number of carbonyl (C=O) groups excluding carboxylic acids is 2. The number of carbonyl (C=O) groups is 2. The smallest absolute Gasteiger partial charge is 0.415 e. The van der Waals surface area contributed by atoms with E-state index in [-0.39, 0.29) is 24.2 Å². The summed E-state index contributed by atoms with van der Waals surface area (Å²) in [5.74, 6) is 1.22. The third-order valence-corrected chi connectivity index (χ3v) is 6.49. The second-order valence-corrected chi connectivity index (χ2v) is 10.3. The van der Waals surface area contributed by atoms with Crippen LogP contribution in [0.3, 0.4) is 0 Å². The van der Waals surface area contributed by atoms with Crippen molar-refractivity contribution in [2.24, 2.45) is 5.92 Å². The number of hydrogen-bond donors (Lipinski definition) is 2. The maximum Gasteiger partial charge on any atom is 0.415 e. The van der Waals surface area contributed by atoms with Crippen LogP contribution >= 0.6 is 8.25 Å². The van der Waals surface area contributed by atoms with Gasteiger partial charge in [0.2, 0.25) is 5.91 Å². The lowest BCUT2D eigenvalue weighted by Crippen LogP contribution is -2.49. The number of unbranched alkanes of at least 4 members (excludes halogenated alkanes) is 2. The molecule has 1 fully saturated rings. The molecule has 1 saturated heterocycles. The van der Waals surface area contributed by atoms with Gasteiger partial charge in [-0.15, -0.1) is 0 Å². The van der Waals surface area contributed by atoms with Crippen LogP contribution in [0.4, 0.5) is 4.79 Å². The molecule has 0 aliphatic carbocycles. The zero-order chi connectivity index (χ0) is 27.2. The molecule has 2 amide bonds. The number of rotatable bonds is 14. The summed E-state index contributed by atoms with van der Waals surface area (Å²) in [6.07, 6.45) is 9.63. The van der Waals surface area contributed by atoms with Gasteiger partial charge in [0.05, 0.1) is 13.2 Å². The number of piperidine rings is 1. The quantitative estimate of drug-likeness (QED) is 0.151. The van der Waals surface area contributed by atoms with Crippen molar-refractivity contribution in [2.75, 3.05) is 27.2 Å². The van der Waals surface area contributed by atoms with Gasteiger partial charge in [-0.3, -0.25) is 9.36 Å². The first-order valence-corrected chi connectivity index (χ1v) is 14.2. The number of amides is 2. The van der Waals surface area contributed by atoms with E-state index in [1.807, 2.05) is 0 Å². The molecule has 0 saturated carbocycles. The highest BCUT2D eigenvalue weighted by atomic mass is 31.1. The van der Waals surface area contributed by atoms with E-state index in [1.165, 1.54) is 12.2 Å². The molecule has 2 atom stereocenters. The van der Waals surface area contributed by atoms with Gasteiger partial charge in [0.1, 0.15) is 0 Å². The molecule has 0 bridgehead atoms. The van der Waals surface area contributed by atoms with Crippen LogP contribution in [0.25, 0.3) is 0 Å². The molecule has 1 aliphatic rings. The average molecular weight is 540 g/mol. The number of ether oxygens (including phenoxy) is 2. The van der Waals surface area contributed by atoms with E-state index in [4.69, 9.17) is 19.0 Å². The lowest BCUT2D eigenvalue weighted by molar-refractivity contribution is -0.121. The summed E-state index contributed by atoms with van der Waals surface area (Å²) in [7, 11) is -0.0525. The zero-order valence-electron chi connectivity index (χ0n) is 22.4. The van der Waals surface area contributed by atoms with Crippen molar-refractivity contribution >= 4 is 20.3 Å². The number of nitrogens with one attached hydrogen (secondary N) is 1. The summed E-state index contributed by atoms with van der Waals surface area (Å²) in [5.41, 5.74) is 0.832. The second-order valence-electron chi connectivity index (χ2n) is 9.56. The second kappa shape index (κ2) is 16.5. The summed E-state index contributed by atoms with van der Waals surface area (Å²) in [6.45, 7) is 5.44. The number of likely N-dealkylation sites (N-methyl/N-ethyl adjacent to an activating group) is 1. The lowest BCUT2D eigenvalue weighted by Gasteiger charge is -2.36. The van der Waals surface area contributed by atoms with Crippen molar-refractivity contribution in [3.63, 3.8) is 0 Å². The minimum absolute atomic E-state index is 0.00106. The molecule has 1 heterocycles. The normalized spacial score (nSPS) is 16.8. The maximum atomic E-state index is 13.0. The topological polar surface area (TPSA) is 118 Å². The number of benzene rings is 1. The monoisotopic (exact) mass is 539 g/mol. The van der Waals surface area contributed by atoms with E-state index in [1.54, 1.807) is 30.1 Å². The first-order valence-electron chi connectivity index (χ1n) is 12.9. The molecule has 0 radical (unpaired) electrons. The van der Waals surface area contributed by atoms with Gasteiger partial charge in [0, 0.05) is 33.1 Å². The molecule has 1 aromatic carbocycles. The van der Waals surface area contributed by atoms with Crippen LogP contribution in [0, 0.1) is 5.92 Å². The maximum absolute atomic E-state index is 13.0. The summed E-state index contributed by atoms with van der Waals surface area (Å²) in [5, 5.41) is 4.21. The van der Waals surface area contributed by atoms with Gasteiger partial charge in [-0.1, -0.05) is 32.1 Å². The number of nitrogens with zero attached hydrogens (tertiary/aromatic N) is 2. The number of likely N-dealkylation sites (tertiary alicyclic amines) is 1. The largest absolute Gasteiger partial charge is 0.493 e. The van der Waals surface area contributed by atoms with Gasteiger partial charge >= 0.3 is 14.3 Å². The Hall–Kier alpha value is -2.39. The van der Waals surface area contributed by atoms with Gasteiger partial charge in [-0.25, -0.2) is 9.42 Å². The van der Waals surface area contributed by atoms with Crippen molar-refractivity contribution in [2.45, 2.75) is 71.4 Å². The molecular weight excluding hydrogens is 497 g/mol. The molecule has 10 nitrogen and oxygen atoms in total. The highest BCUT2D eigenvalue weighted by Gasteiger charge is 2.30. The molecule has 2 N–H and O–H groups in total. The average Bonchev–Trinajstić information content (AvgIpc) is 2.85. The van der Waals surface area contributed by atoms with E-state index >= 15 is 0 Å². The third kappa shape index (κ3) is 11.7. The first-order chi connectivity index (χ1) is 17.7. The summed E-state index contributed by atoms with van der Waals surface area (Å²) in [6, 6.07) is 4.98. The van der Waals surface area contributed by atoms with Gasteiger partial charge in [0.15, 0.2) is 11.5 Å². The standard InChI is InChI=1S/C26H42N3O7P/c1-20(2)11-7-5-6-8-13-25(30)27-18-21-14-15-23(24(17-21)34-4)35-26(31)29-16-10-9-12-22(29)19-28(3)36-37(32)33/h7,11,14-15,17,20,22,37H,5-6,8-10,12-13,16,18-19H2,1-4H3,(H,27,30)(H,32,33)/b11-7+. The number of hydroxylamine groups is 2. The lowest BCUT2D eigenvalue weighted by atomic mass is 10.0. The van der Waals surface area contributed by atoms with E-state index in [0.717, 1.165) is 44.1 Å². The Morgan fingerprint density at radius 1 is 1.27 bits per heavy atom. The Labute approximate surface area is 220 Å². The Morgan fingerprint density at radius 2 is 2.05 bits per heavy atom. The molecule has 2 unspecified atom stereocenters. The van der Waals surface area contributed by atoms with Crippen LogP contribution in [-0.4, -0.2) is 60.1 Å². The van der Waals surface area contributed by atoms with Crippen molar-refractivity contribution in [3.8, 4) is 11.5 Å². The minimum atomic E-state index is -3.11. The Balaban J connectivity index is 1.88. The van der Waals surface area contributed by atoms with Crippen molar-refractivity contribution < 1.29 is 33.1 Å². The molecule has 1 aliphatic heterocycles. The van der Waals surface area contributed by atoms with E-state index < -0.39 is 14.3 Å². The van der Waals surface area contributed by atoms with Crippen LogP contribution in [0.2, 0.25) is 0 Å². The van der Waals surface area contributed by atoms with Gasteiger partial charge in [0.25, 0.3) is 0 Å². The fourth-order valence-electron chi connectivity index (χ4n) is 4.16. The zero-order valence-corrected chi connectivity index (χ0v) is 23.4. The number of methoxy groups -OCH3 is 1. The van der Waals surface area contributed by atoms with E-state index in [2.05, 4.69) is 31.3 Å². The molecule has 208 valence electrons. The number of hydrogen-bond acceptors (Lipinski definition) is 7. The van der Waals surface area contributed by atoms with E-state index in [0.29, 0.717) is 31.2 Å². The Bertz CT molecular complexity index is 925. The predicted molar refractivity (Wildman–Crippen MR) is 143 cm³/mol. The molecule has 0 spiro atoms. The van der Waals surface area contributed by atoms with Crippen molar-refractivity contribution in [1.82, 2.24) is 15.3 Å². The van der Waals surface area contributed by atoms with Crippen LogP contribution < -0.4 is 14.8 Å². The minimum Gasteiger partial charge on any atom is -0.493 e. The highest BCUT2D eigenvalue weighted by molar-refractivity contribution is 7.32. The Morgan fingerprint density at radius 3 is 2.76 bits per heavy atom. The Kier molecular flexibility index (Phi) is 13.7. The fourth-order valence-corrected chi connectivity index (χ4v) is 4.50. The van der Waals surface area contributed by atoms with Crippen molar-refractivity contribution in [1.29, 1.82) is 0 Å². The molecule has 37 heavy (non-hydrogen) atoms. The highest BCUT2D eigenvalue weighted by Crippen LogP contribution is 2.30. The summed E-state index contributed by atoms with van der Waals surface area (Å²) < 4.78 is 26.9. The van der Waals surface area contributed by atoms with Crippen molar-refractivity contribution in [3.05, 3.63) is 35.9 Å². The SMILES string of the molecule is COc1cc(CNC(=O)CCCC/C=C/C(C)C)ccc1OC(=O)N1CCCCC1CN(C)O[PH](=O)O. The first kappa shape index (κ1) is 30.8. The molecule has 2 rings (SSSR count). The third-order valence-electron chi connectivity index (χ3n) is 6.02. The molecular formula is C26H42N3O7P.